The molecule has 3 aromatic rings. The van der Waals surface area contributed by atoms with Crippen LogP contribution in [0, 0.1) is 0 Å². The smallest absolute Gasteiger partial charge is 0.164 e. The van der Waals surface area contributed by atoms with Crippen LogP contribution in [0.25, 0.3) is 10.9 Å². The van der Waals surface area contributed by atoms with Gasteiger partial charge in [-0.15, -0.1) is 0 Å². The number of methoxy groups -OCH3 is 1. The van der Waals surface area contributed by atoms with Crippen LogP contribution in [-0.4, -0.2) is 54.8 Å². The van der Waals surface area contributed by atoms with E-state index in [1.54, 1.807) is 24.3 Å². The van der Waals surface area contributed by atoms with Crippen molar-refractivity contribution in [3.05, 3.63) is 45.1 Å². The molecule has 0 amide bonds. The average molecular weight is 545 g/mol. The molecule has 2 aliphatic rings. The molecule has 0 radical (unpaired) electrons. The van der Waals surface area contributed by atoms with E-state index in [9.17, 15) is 4.39 Å². The number of anilines is 2. The SMILES string of the molecule is COc1cc2c(Nc3ccc(Br)c(Cl)c3Cl)ncnc2cc1OC1CO[C@H]2C(F)CO[C@@H]12. The molecule has 32 heavy (non-hydrogen) atoms. The van der Waals surface area contributed by atoms with E-state index in [-0.39, 0.29) is 13.2 Å². The second-order valence-electron chi connectivity index (χ2n) is 7.36. The lowest BCUT2D eigenvalue weighted by Gasteiger charge is -2.20. The minimum atomic E-state index is -1.15. The van der Waals surface area contributed by atoms with Crippen molar-refractivity contribution in [3.8, 4) is 11.5 Å². The quantitative estimate of drug-likeness (QED) is 0.435. The monoisotopic (exact) mass is 543 g/mol. The summed E-state index contributed by atoms with van der Waals surface area (Å²) in [6.45, 7) is 0.241. The topological polar surface area (TPSA) is 74.7 Å². The molecule has 4 atom stereocenters. The van der Waals surface area contributed by atoms with E-state index in [4.69, 9.17) is 42.1 Å². The summed E-state index contributed by atoms with van der Waals surface area (Å²) in [7, 11) is 1.54. The Labute approximate surface area is 201 Å². The molecule has 2 unspecified atom stereocenters. The van der Waals surface area contributed by atoms with E-state index in [0.717, 1.165) is 0 Å². The molecule has 0 saturated carbocycles. The predicted molar refractivity (Wildman–Crippen MR) is 122 cm³/mol. The molecule has 11 heteroatoms. The van der Waals surface area contributed by atoms with Gasteiger partial charge in [0.25, 0.3) is 0 Å². The van der Waals surface area contributed by atoms with Crippen LogP contribution in [0.15, 0.2) is 35.1 Å². The van der Waals surface area contributed by atoms with Crippen molar-refractivity contribution in [3.63, 3.8) is 0 Å². The lowest BCUT2D eigenvalue weighted by molar-refractivity contribution is 0.0271. The van der Waals surface area contributed by atoms with Crippen molar-refractivity contribution >= 4 is 61.5 Å². The first-order valence-electron chi connectivity index (χ1n) is 9.73. The molecule has 7 nitrogen and oxygen atoms in total. The predicted octanol–water partition coefficient (Wildman–Crippen LogP) is 5.33. The van der Waals surface area contributed by atoms with Gasteiger partial charge < -0.3 is 24.3 Å². The fourth-order valence-corrected chi connectivity index (χ4v) is 4.67. The highest BCUT2D eigenvalue weighted by molar-refractivity contribution is 9.10. The number of rotatable bonds is 5. The molecule has 2 aromatic carbocycles. The van der Waals surface area contributed by atoms with Gasteiger partial charge in [0.15, 0.2) is 23.8 Å². The number of ether oxygens (including phenoxy) is 4. The highest BCUT2D eigenvalue weighted by Crippen LogP contribution is 2.40. The fraction of sp³-hybridized carbons (Fsp3) is 0.333. The maximum Gasteiger partial charge on any atom is 0.164 e. The summed E-state index contributed by atoms with van der Waals surface area (Å²) in [5.41, 5.74) is 1.20. The van der Waals surface area contributed by atoms with Crippen molar-refractivity contribution < 1.29 is 23.3 Å². The molecule has 0 aliphatic carbocycles. The van der Waals surface area contributed by atoms with Crippen LogP contribution in [-0.2, 0) is 9.47 Å². The number of fused-ring (bicyclic) bond motifs is 2. The zero-order valence-electron chi connectivity index (χ0n) is 16.6. The average Bonchev–Trinajstić information content (AvgIpc) is 3.37. The van der Waals surface area contributed by atoms with Gasteiger partial charge in [-0.25, -0.2) is 14.4 Å². The van der Waals surface area contributed by atoms with Gasteiger partial charge in [-0.05, 0) is 34.1 Å². The molecule has 3 heterocycles. The normalized spacial score (nSPS) is 24.5. The van der Waals surface area contributed by atoms with Gasteiger partial charge in [0.1, 0.15) is 24.4 Å². The van der Waals surface area contributed by atoms with E-state index >= 15 is 0 Å². The minimum Gasteiger partial charge on any atom is -0.493 e. The van der Waals surface area contributed by atoms with Crippen molar-refractivity contribution in [1.29, 1.82) is 0 Å². The lowest BCUT2D eigenvalue weighted by Crippen LogP contribution is -2.33. The molecule has 5 rings (SSSR count). The Balaban J connectivity index is 1.47. The number of aromatic nitrogens is 2. The maximum atomic E-state index is 13.9. The molecular weight excluding hydrogens is 528 g/mol. The summed E-state index contributed by atoms with van der Waals surface area (Å²) in [6.07, 6.45) is -1.23. The first kappa shape index (κ1) is 21.9. The largest absolute Gasteiger partial charge is 0.493 e. The van der Waals surface area contributed by atoms with E-state index < -0.39 is 24.5 Å². The van der Waals surface area contributed by atoms with Crippen LogP contribution >= 0.6 is 39.1 Å². The second kappa shape index (κ2) is 8.79. The zero-order chi connectivity index (χ0) is 22.4. The number of halogens is 4. The highest BCUT2D eigenvalue weighted by atomic mass is 79.9. The molecule has 168 valence electrons. The van der Waals surface area contributed by atoms with E-state index in [2.05, 4.69) is 31.2 Å². The zero-order valence-corrected chi connectivity index (χ0v) is 19.7. The first-order valence-corrected chi connectivity index (χ1v) is 11.3. The van der Waals surface area contributed by atoms with Gasteiger partial charge in [-0.3, -0.25) is 0 Å². The second-order valence-corrected chi connectivity index (χ2v) is 8.97. The molecule has 2 aliphatic heterocycles. The standard InChI is InChI=1S/C21H17BrCl2FN3O4/c1-29-14-4-9-13(5-15(14)32-16-7-31-19-11(25)6-30-20(16)19)26-8-27-21(9)28-12-3-2-10(22)17(23)18(12)24/h2-5,8,11,16,19-20H,6-7H2,1H3,(H,26,27,28)/t11?,16?,19-,20-/m0/s1. The van der Waals surface area contributed by atoms with Gasteiger partial charge in [0.05, 0.1) is 41.6 Å². The van der Waals surface area contributed by atoms with Crippen molar-refractivity contribution in [2.45, 2.75) is 24.5 Å². The Morgan fingerprint density at radius 1 is 1.09 bits per heavy atom. The number of nitrogens with one attached hydrogen (secondary N) is 1. The summed E-state index contributed by atoms with van der Waals surface area (Å²) >= 11 is 16.0. The fourth-order valence-electron chi connectivity index (χ4n) is 3.85. The van der Waals surface area contributed by atoms with Gasteiger partial charge in [-0.1, -0.05) is 23.2 Å². The summed E-state index contributed by atoms with van der Waals surface area (Å²) in [6, 6.07) is 7.09. The Morgan fingerprint density at radius 3 is 2.72 bits per heavy atom. The van der Waals surface area contributed by atoms with E-state index in [0.29, 0.717) is 48.4 Å². The summed E-state index contributed by atoms with van der Waals surface area (Å²) in [5.74, 6) is 1.44. The van der Waals surface area contributed by atoms with E-state index in [1.807, 2.05) is 0 Å². The van der Waals surface area contributed by atoms with Crippen LogP contribution in [0.2, 0.25) is 10.0 Å². The van der Waals surface area contributed by atoms with Gasteiger partial charge in [-0.2, -0.15) is 0 Å². The third-order valence-electron chi connectivity index (χ3n) is 5.43. The number of nitrogens with zero attached hydrogens (tertiary/aromatic N) is 2. The summed E-state index contributed by atoms with van der Waals surface area (Å²) < 4.78 is 37.3. The Hall–Kier alpha value is -1.91. The lowest BCUT2D eigenvalue weighted by atomic mass is 10.1. The number of hydrogen-bond donors (Lipinski definition) is 1. The Morgan fingerprint density at radius 2 is 1.91 bits per heavy atom. The number of benzene rings is 2. The van der Waals surface area contributed by atoms with Crippen LogP contribution in [0.5, 0.6) is 11.5 Å². The maximum absolute atomic E-state index is 13.9. The van der Waals surface area contributed by atoms with Crippen LogP contribution < -0.4 is 14.8 Å². The van der Waals surface area contributed by atoms with Crippen molar-refractivity contribution in [1.82, 2.24) is 9.97 Å². The molecule has 1 N–H and O–H groups in total. The van der Waals surface area contributed by atoms with Crippen molar-refractivity contribution in [2.24, 2.45) is 0 Å². The van der Waals surface area contributed by atoms with E-state index in [1.165, 1.54) is 13.4 Å². The van der Waals surface area contributed by atoms with Crippen LogP contribution in [0.4, 0.5) is 15.9 Å². The molecule has 2 saturated heterocycles. The van der Waals surface area contributed by atoms with Crippen LogP contribution in [0.1, 0.15) is 0 Å². The highest BCUT2D eigenvalue weighted by Gasteiger charge is 2.49. The third kappa shape index (κ3) is 3.86. The number of hydrogen-bond acceptors (Lipinski definition) is 7. The van der Waals surface area contributed by atoms with Crippen molar-refractivity contribution in [2.75, 3.05) is 25.6 Å². The number of alkyl halides is 1. The molecule has 2 fully saturated rings. The van der Waals surface area contributed by atoms with Crippen LogP contribution in [0.3, 0.4) is 0 Å². The molecule has 0 bridgehead atoms. The third-order valence-corrected chi connectivity index (χ3v) is 7.21. The molecule has 0 spiro atoms. The Bertz CT molecular complexity index is 1190. The summed E-state index contributed by atoms with van der Waals surface area (Å²) in [4.78, 5) is 8.69. The summed E-state index contributed by atoms with van der Waals surface area (Å²) in [5, 5.41) is 4.64. The van der Waals surface area contributed by atoms with Gasteiger partial charge in [0, 0.05) is 15.9 Å². The van der Waals surface area contributed by atoms with Gasteiger partial charge >= 0.3 is 0 Å². The molecular formula is C21H17BrCl2FN3O4. The minimum absolute atomic E-state index is 0.00887. The Kier molecular flexibility index (Phi) is 6.02. The first-order chi connectivity index (χ1) is 15.5. The molecule has 1 aromatic heterocycles. The van der Waals surface area contributed by atoms with Gasteiger partial charge in [0.2, 0.25) is 0 Å².